The Morgan fingerprint density at radius 2 is 2.00 bits per heavy atom. The first kappa shape index (κ1) is 13.9. The van der Waals surface area contributed by atoms with Crippen molar-refractivity contribution in [3.05, 3.63) is 53.2 Å². The summed E-state index contributed by atoms with van der Waals surface area (Å²) in [7, 11) is 0. The topological polar surface area (TPSA) is 64.0 Å². The van der Waals surface area contributed by atoms with Crippen LogP contribution in [-0.2, 0) is 0 Å². The lowest BCUT2D eigenvalue weighted by molar-refractivity contribution is 1.37. The number of anilines is 2. The average Bonchev–Trinajstić information content (AvgIpc) is 3.01. The molecule has 108 valence electrons. The monoisotopic (exact) mass is 288 g/mol. The van der Waals surface area contributed by atoms with Crippen LogP contribution in [0.15, 0.2) is 41.5 Å². The van der Waals surface area contributed by atoms with Crippen molar-refractivity contribution in [2.24, 2.45) is 4.99 Å². The number of benzene rings is 2. The Bertz CT molecular complexity index is 913. The zero-order valence-corrected chi connectivity index (χ0v) is 12.6. The molecule has 0 unspecified atom stereocenters. The first-order valence-electron chi connectivity index (χ1n) is 6.99. The maximum absolute atomic E-state index is 8.99. The van der Waals surface area contributed by atoms with Crippen LogP contribution in [0, 0.1) is 25.2 Å². The van der Waals surface area contributed by atoms with Crippen LogP contribution in [0.2, 0.25) is 0 Å². The summed E-state index contributed by atoms with van der Waals surface area (Å²) in [6.45, 7) is 7.76. The zero-order chi connectivity index (χ0) is 15.7. The molecular formula is C18H16N4. The highest BCUT2D eigenvalue weighted by Crippen LogP contribution is 2.35. The normalized spacial score (nSPS) is 10.4. The van der Waals surface area contributed by atoms with Gasteiger partial charge in [0.1, 0.15) is 0 Å². The molecule has 0 saturated carbocycles. The van der Waals surface area contributed by atoms with Gasteiger partial charge < -0.3 is 10.3 Å². The van der Waals surface area contributed by atoms with Crippen LogP contribution in [-0.4, -0.2) is 11.7 Å². The molecule has 1 aromatic heterocycles. The van der Waals surface area contributed by atoms with E-state index in [1.165, 1.54) is 5.56 Å². The predicted molar refractivity (Wildman–Crippen MR) is 91.4 cm³/mol. The van der Waals surface area contributed by atoms with Gasteiger partial charge in [0.15, 0.2) is 0 Å². The van der Waals surface area contributed by atoms with Crippen LogP contribution in [0.3, 0.4) is 0 Å². The van der Waals surface area contributed by atoms with Gasteiger partial charge in [-0.05, 0) is 56.0 Å². The van der Waals surface area contributed by atoms with Gasteiger partial charge in [-0.15, -0.1) is 0 Å². The molecule has 0 aliphatic heterocycles. The maximum atomic E-state index is 8.99. The van der Waals surface area contributed by atoms with Gasteiger partial charge in [0.05, 0.1) is 34.2 Å². The Labute approximate surface area is 129 Å². The number of aromatic amines is 1. The molecule has 0 radical (unpaired) electrons. The molecule has 0 saturated heterocycles. The number of fused-ring (bicyclic) bond motifs is 1. The van der Waals surface area contributed by atoms with E-state index in [9.17, 15) is 0 Å². The highest BCUT2D eigenvalue weighted by Gasteiger charge is 2.11. The molecule has 2 N–H and O–H groups in total. The average molecular weight is 288 g/mol. The Kier molecular flexibility index (Phi) is 3.40. The molecule has 0 bridgehead atoms. The second-order valence-corrected chi connectivity index (χ2v) is 5.28. The standard InChI is InChI=1S/C18H16N4/c1-11-8-12(2)18(14-6-7-21-17(11)14)22-15-5-4-13(10-19)9-16(15)20-3/h4-9,21-22H,3H2,1-2H3. The Morgan fingerprint density at radius 3 is 2.73 bits per heavy atom. The molecular weight excluding hydrogens is 272 g/mol. The van der Waals surface area contributed by atoms with E-state index in [0.717, 1.165) is 27.8 Å². The van der Waals surface area contributed by atoms with Crippen LogP contribution < -0.4 is 5.32 Å². The van der Waals surface area contributed by atoms with Gasteiger partial charge in [0.25, 0.3) is 0 Å². The lowest BCUT2D eigenvalue weighted by Gasteiger charge is -2.14. The molecule has 3 aromatic rings. The van der Waals surface area contributed by atoms with Crippen molar-refractivity contribution in [3.8, 4) is 6.07 Å². The third kappa shape index (κ3) is 2.23. The van der Waals surface area contributed by atoms with Gasteiger partial charge in [0.2, 0.25) is 0 Å². The van der Waals surface area contributed by atoms with Gasteiger partial charge in [0, 0.05) is 11.6 Å². The molecule has 4 nitrogen and oxygen atoms in total. The molecule has 1 heterocycles. The van der Waals surface area contributed by atoms with E-state index in [0.29, 0.717) is 11.3 Å². The number of nitrogens with zero attached hydrogens (tertiary/aromatic N) is 2. The number of nitriles is 1. The number of aliphatic imine (C=N–C) groups is 1. The van der Waals surface area contributed by atoms with Crippen LogP contribution in [0.5, 0.6) is 0 Å². The quantitative estimate of drug-likeness (QED) is 0.684. The molecule has 2 aromatic carbocycles. The molecule has 0 aliphatic carbocycles. The summed E-state index contributed by atoms with van der Waals surface area (Å²) in [6, 6.07) is 11.7. The molecule has 0 aliphatic rings. The highest BCUT2D eigenvalue weighted by molar-refractivity contribution is 5.98. The van der Waals surface area contributed by atoms with E-state index < -0.39 is 0 Å². The summed E-state index contributed by atoms with van der Waals surface area (Å²) in [5, 5.41) is 13.6. The zero-order valence-electron chi connectivity index (χ0n) is 12.6. The summed E-state index contributed by atoms with van der Waals surface area (Å²) < 4.78 is 0. The van der Waals surface area contributed by atoms with Gasteiger partial charge in [-0.1, -0.05) is 6.07 Å². The molecule has 0 atom stereocenters. The predicted octanol–water partition coefficient (Wildman–Crippen LogP) is 4.73. The van der Waals surface area contributed by atoms with Gasteiger partial charge >= 0.3 is 0 Å². The fraction of sp³-hybridized carbons (Fsp3) is 0.111. The fourth-order valence-electron chi connectivity index (χ4n) is 2.72. The summed E-state index contributed by atoms with van der Waals surface area (Å²) >= 11 is 0. The van der Waals surface area contributed by atoms with E-state index in [-0.39, 0.29) is 0 Å². The smallest absolute Gasteiger partial charge is 0.0992 e. The van der Waals surface area contributed by atoms with Crippen molar-refractivity contribution in [1.29, 1.82) is 5.26 Å². The van der Waals surface area contributed by atoms with Crippen LogP contribution in [0.4, 0.5) is 17.1 Å². The second-order valence-electron chi connectivity index (χ2n) is 5.28. The van der Waals surface area contributed by atoms with E-state index in [1.807, 2.05) is 12.3 Å². The van der Waals surface area contributed by atoms with Crippen molar-refractivity contribution in [1.82, 2.24) is 4.98 Å². The first-order chi connectivity index (χ1) is 10.6. The van der Waals surface area contributed by atoms with E-state index in [1.54, 1.807) is 12.1 Å². The third-order valence-electron chi connectivity index (χ3n) is 3.79. The van der Waals surface area contributed by atoms with Gasteiger partial charge in [-0.25, -0.2) is 0 Å². The maximum Gasteiger partial charge on any atom is 0.0992 e. The largest absolute Gasteiger partial charge is 0.361 e. The minimum atomic E-state index is 0.570. The van der Waals surface area contributed by atoms with Crippen molar-refractivity contribution >= 4 is 34.7 Å². The Balaban J connectivity index is 2.13. The number of hydrogen-bond donors (Lipinski definition) is 2. The minimum absolute atomic E-state index is 0.570. The molecule has 0 spiro atoms. The van der Waals surface area contributed by atoms with Crippen molar-refractivity contribution in [3.63, 3.8) is 0 Å². The lowest BCUT2D eigenvalue weighted by Crippen LogP contribution is -1.96. The fourth-order valence-corrected chi connectivity index (χ4v) is 2.72. The highest BCUT2D eigenvalue weighted by atomic mass is 14.9. The number of aromatic nitrogens is 1. The van der Waals surface area contributed by atoms with E-state index >= 15 is 0 Å². The van der Waals surface area contributed by atoms with Crippen LogP contribution >= 0.6 is 0 Å². The summed E-state index contributed by atoms with van der Waals surface area (Å²) in [5.41, 5.74) is 6.60. The molecule has 0 fully saturated rings. The number of hydrogen-bond acceptors (Lipinski definition) is 3. The van der Waals surface area contributed by atoms with E-state index in [4.69, 9.17) is 5.26 Å². The third-order valence-corrected chi connectivity index (χ3v) is 3.79. The first-order valence-corrected chi connectivity index (χ1v) is 6.99. The molecule has 22 heavy (non-hydrogen) atoms. The van der Waals surface area contributed by atoms with Gasteiger partial charge in [-0.2, -0.15) is 5.26 Å². The van der Waals surface area contributed by atoms with Crippen molar-refractivity contribution in [2.45, 2.75) is 13.8 Å². The van der Waals surface area contributed by atoms with Crippen LogP contribution in [0.25, 0.3) is 10.9 Å². The van der Waals surface area contributed by atoms with Crippen molar-refractivity contribution in [2.75, 3.05) is 5.32 Å². The minimum Gasteiger partial charge on any atom is -0.361 e. The number of aryl methyl sites for hydroxylation is 2. The summed E-state index contributed by atoms with van der Waals surface area (Å²) in [5.74, 6) is 0. The summed E-state index contributed by atoms with van der Waals surface area (Å²) in [6.07, 6.45) is 1.94. The van der Waals surface area contributed by atoms with Crippen molar-refractivity contribution < 1.29 is 0 Å². The molecule has 3 rings (SSSR count). The number of rotatable bonds is 3. The second kappa shape index (κ2) is 5.38. The number of nitrogens with one attached hydrogen (secondary N) is 2. The number of H-pyrrole nitrogens is 1. The Hall–Kier alpha value is -3.06. The lowest BCUT2D eigenvalue weighted by atomic mass is 10.0. The summed E-state index contributed by atoms with van der Waals surface area (Å²) in [4.78, 5) is 7.29. The molecule has 0 amide bonds. The van der Waals surface area contributed by atoms with Gasteiger partial charge in [-0.3, -0.25) is 4.99 Å². The SMILES string of the molecule is C=Nc1cc(C#N)ccc1Nc1c(C)cc(C)c2[nH]ccc12. The van der Waals surface area contributed by atoms with E-state index in [2.05, 4.69) is 54.1 Å². The Morgan fingerprint density at radius 1 is 1.18 bits per heavy atom. The molecule has 4 heteroatoms. The van der Waals surface area contributed by atoms with Crippen LogP contribution in [0.1, 0.15) is 16.7 Å².